The predicted octanol–water partition coefficient (Wildman–Crippen LogP) is 6.63. The molecule has 1 unspecified atom stereocenters. The van der Waals surface area contributed by atoms with Crippen LogP contribution in [0.4, 0.5) is 0 Å². The number of para-hydroxylation sites is 1. The van der Waals surface area contributed by atoms with E-state index in [1.165, 1.54) is 10.8 Å². The summed E-state index contributed by atoms with van der Waals surface area (Å²) in [4.78, 5) is 23.2. The lowest BCUT2D eigenvalue weighted by molar-refractivity contribution is 0.352. The molecule has 210 valence electrons. The van der Waals surface area contributed by atoms with Crippen LogP contribution in [0.5, 0.6) is 28.9 Å². The first-order chi connectivity index (χ1) is 20.4. The van der Waals surface area contributed by atoms with Crippen molar-refractivity contribution in [1.29, 1.82) is 0 Å². The predicted molar refractivity (Wildman–Crippen MR) is 159 cm³/mol. The van der Waals surface area contributed by atoms with Crippen molar-refractivity contribution in [2.75, 3.05) is 21.3 Å². The standard InChI is InChI=1S/C30H20BrClN4O6/c1-38-19-9-8-15(32)12-17(19)27-34-28-24-22(14-10-18(31)26(40-3)21(11-14)39-2)23-25(42-29(24)33-13-36(28)35-27)16-6-4-5-7-20(16)41-30(23)37/h4-13,22H,1-3H3. The molecule has 0 saturated carbocycles. The quantitative estimate of drug-likeness (QED) is 0.190. The van der Waals surface area contributed by atoms with Crippen molar-refractivity contribution in [2.45, 2.75) is 5.92 Å². The number of hydrogen-bond donors (Lipinski definition) is 0. The Bertz CT molecular complexity index is 2110. The van der Waals surface area contributed by atoms with Crippen LogP contribution >= 0.6 is 27.5 Å². The Labute approximate surface area is 251 Å². The molecule has 1 aliphatic heterocycles. The summed E-state index contributed by atoms with van der Waals surface area (Å²) in [6, 6.07) is 16.1. The minimum atomic E-state index is -0.727. The van der Waals surface area contributed by atoms with Gasteiger partial charge in [-0.3, -0.25) is 0 Å². The number of fused-ring (bicyclic) bond motifs is 6. The minimum Gasteiger partial charge on any atom is -0.496 e. The number of aromatic nitrogens is 4. The zero-order chi connectivity index (χ0) is 29.1. The molecule has 7 rings (SSSR count). The Hall–Kier alpha value is -4.61. The first-order valence-corrected chi connectivity index (χ1v) is 13.8. The molecule has 1 aliphatic rings. The van der Waals surface area contributed by atoms with Gasteiger partial charge in [-0.15, -0.1) is 5.10 Å². The van der Waals surface area contributed by atoms with Gasteiger partial charge in [0.05, 0.1) is 53.8 Å². The van der Waals surface area contributed by atoms with E-state index < -0.39 is 11.5 Å². The smallest absolute Gasteiger partial charge is 0.344 e. The van der Waals surface area contributed by atoms with Crippen molar-refractivity contribution in [3.05, 3.63) is 97.5 Å². The second-order valence-corrected chi connectivity index (χ2v) is 10.7. The van der Waals surface area contributed by atoms with Crippen LogP contribution in [0, 0.1) is 0 Å². The summed E-state index contributed by atoms with van der Waals surface area (Å²) in [5.74, 6) is 1.78. The topological polar surface area (TPSA) is 110 Å². The highest BCUT2D eigenvalue weighted by atomic mass is 79.9. The molecule has 0 amide bonds. The molecule has 3 aromatic carbocycles. The van der Waals surface area contributed by atoms with E-state index >= 15 is 0 Å². The van der Waals surface area contributed by atoms with Gasteiger partial charge < -0.3 is 23.4 Å². The van der Waals surface area contributed by atoms with Gasteiger partial charge in [-0.05, 0) is 64.0 Å². The summed E-state index contributed by atoms with van der Waals surface area (Å²) in [6.45, 7) is 0. The van der Waals surface area contributed by atoms with Crippen LogP contribution in [-0.2, 0) is 0 Å². The van der Waals surface area contributed by atoms with E-state index in [-0.39, 0.29) is 5.88 Å². The average molecular weight is 648 g/mol. The van der Waals surface area contributed by atoms with Gasteiger partial charge in [-0.2, -0.15) is 0 Å². The zero-order valence-corrected chi connectivity index (χ0v) is 24.7. The molecule has 0 bridgehead atoms. The third kappa shape index (κ3) is 3.99. The van der Waals surface area contributed by atoms with Crippen molar-refractivity contribution < 1.29 is 23.4 Å². The van der Waals surface area contributed by atoms with Crippen LogP contribution < -0.4 is 24.6 Å². The molecule has 0 fully saturated rings. The Balaban J connectivity index is 1.56. The Morgan fingerprint density at radius 1 is 0.976 bits per heavy atom. The van der Waals surface area contributed by atoms with Gasteiger partial charge in [-0.25, -0.2) is 19.3 Å². The number of rotatable bonds is 5. The SMILES string of the molecule is COc1ccc(Cl)cc1-c1nc2c3c(ncn2n1)Oc1c(c(=O)oc2ccccc12)C3c1cc(Br)c(OC)c(OC)c1. The van der Waals surface area contributed by atoms with E-state index in [0.717, 1.165) is 0 Å². The fourth-order valence-electron chi connectivity index (χ4n) is 5.34. The molecule has 42 heavy (non-hydrogen) atoms. The average Bonchev–Trinajstić information content (AvgIpc) is 3.44. The van der Waals surface area contributed by atoms with Crippen LogP contribution in [0.1, 0.15) is 22.6 Å². The Kier molecular flexibility index (Phi) is 6.28. The van der Waals surface area contributed by atoms with Gasteiger partial charge >= 0.3 is 5.63 Å². The van der Waals surface area contributed by atoms with Crippen molar-refractivity contribution in [1.82, 2.24) is 19.6 Å². The molecule has 12 heteroatoms. The fraction of sp³-hybridized carbons (Fsp3) is 0.133. The number of hydrogen-bond acceptors (Lipinski definition) is 9. The third-order valence-corrected chi connectivity index (χ3v) is 7.98. The number of benzene rings is 3. The van der Waals surface area contributed by atoms with Crippen molar-refractivity contribution in [3.63, 3.8) is 0 Å². The van der Waals surface area contributed by atoms with Crippen molar-refractivity contribution in [2.24, 2.45) is 0 Å². The highest BCUT2D eigenvalue weighted by Crippen LogP contribution is 2.51. The number of methoxy groups -OCH3 is 3. The minimum absolute atomic E-state index is 0.277. The van der Waals surface area contributed by atoms with E-state index in [2.05, 4.69) is 26.0 Å². The zero-order valence-electron chi connectivity index (χ0n) is 22.3. The monoisotopic (exact) mass is 646 g/mol. The van der Waals surface area contributed by atoms with Gasteiger partial charge in [0.15, 0.2) is 28.7 Å². The molecule has 10 nitrogen and oxygen atoms in total. The summed E-state index contributed by atoms with van der Waals surface area (Å²) in [6.07, 6.45) is 1.52. The van der Waals surface area contributed by atoms with Crippen LogP contribution in [0.3, 0.4) is 0 Å². The number of nitrogens with zero attached hydrogens (tertiary/aromatic N) is 4. The van der Waals surface area contributed by atoms with E-state index in [4.69, 9.17) is 39.9 Å². The Morgan fingerprint density at radius 3 is 2.57 bits per heavy atom. The van der Waals surface area contributed by atoms with Gasteiger partial charge in [0.2, 0.25) is 5.88 Å². The van der Waals surface area contributed by atoms with Crippen molar-refractivity contribution >= 4 is 44.1 Å². The molecule has 0 radical (unpaired) electrons. The first-order valence-electron chi connectivity index (χ1n) is 12.7. The summed E-state index contributed by atoms with van der Waals surface area (Å²) in [5.41, 5.74) is 2.36. The summed E-state index contributed by atoms with van der Waals surface area (Å²) >= 11 is 9.91. The molecular weight excluding hydrogens is 628 g/mol. The van der Waals surface area contributed by atoms with Gasteiger partial charge in [0.25, 0.3) is 0 Å². The molecule has 0 aliphatic carbocycles. The molecule has 6 aromatic rings. The molecule has 0 N–H and O–H groups in total. The maximum Gasteiger partial charge on any atom is 0.344 e. The normalized spacial score (nSPS) is 13.9. The highest BCUT2D eigenvalue weighted by Gasteiger charge is 2.38. The third-order valence-electron chi connectivity index (χ3n) is 7.15. The van der Waals surface area contributed by atoms with Crippen LogP contribution in [0.25, 0.3) is 28.0 Å². The maximum absolute atomic E-state index is 13.7. The van der Waals surface area contributed by atoms with Gasteiger partial charge in [0, 0.05) is 5.02 Å². The number of ether oxygens (including phenoxy) is 4. The van der Waals surface area contributed by atoms with Crippen LogP contribution in [0.2, 0.25) is 5.02 Å². The fourth-order valence-corrected chi connectivity index (χ4v) is 6.13. The summed E-state index contributed by atoms with van der Waals surface area (Å²) in [7, 11) is 4.66. The van der Waals surface area contributed by atoms with E-state index in [9.17, 15) is 4.79 Å². The van der Waals surface area contributed by atoms with E-state index in [1.54, 1.807) is 51.7 Å². The molecule has 3 aromatic heterocycles. The molecule has 1 atom stereocenters. The second kappa shape index (κ2) is 10.0. The first kappa shape index (κ1) is 26.3. The van der Waals surface area contributed by atoms with E-state index in [0.29, 0.717) is 77.2 Å². The summed E-state index contributed by atoms with van der Waals surface area (Å²) < 4.78 is 31.1. The lowest BCUT2D eigenvalue weighted by Gasteiger charge is -2.28. The number of halogens is 2. The Morgan fingerprint density at radius 2 is 1.79 bits per heavy atom. The molecular formula is C30H20BrClN4O6. The van der Waals surface area contributed by atoms with Gasteiger partial charge in [-0.1, -0.05) is 23.7 Å². The largest absolute Gasteiger partial charge is 0.496 e. The van der Waals surface area contributed by atoms with E-state index in [1.807, 2.05) is 24.3 Å². The molecule has 0 saturated heterocycles. The lowest BCUT2D eigenvalue weighted by Crippen LogP contribution is -2.22. The van der Waals surface area contributed by atoms with Crippen molar-refractivity contribution in [3.8, 4) is 40.3 Å². The molecule has 0 spiro atoms. The highest BCUT2D eigenvalue weighted by molar-refractivity contribution is 9.10. The summed E-state index contributed by atoms with van der Waals surface area (Å²) in [5, 5.41) is 5.80. The molecule has 4 heterocycles. The van der Waals surface area contributed by atoms with Crippen LogP contribution in [-0.4, -0.2) is 40.9 Å². The second-order valence-electron chi connectivity index (χ2n) is 9.41. The van der Waals surface area contributed by atoms with Crippen LogP contribution in [0.15, 0.2) is 74.6 Å². The maximum atomic E-state index is 13.7. The lowest BCUT2D eigenvalue weighted by atomic mass is 9.84. The van der Waals surface area contributed by atoms with Gasteiger partial charge in [0.1, 0.15) is 17.7 Å².